The van der Waals surface area contributed by atoms with Crippen molar-refractivity contribution in [2.75, 3.05) is 84.6 Å². The normalized spacial score (nSPS) is 11.1. The third-order valence-corrected chi connectivity index (χ3v) is 7.05. The van der Waals surface area contributed by atoms with Gasteiger partial charge in [-0.3, -0.25) is 7.32 Å². The molecule has 0 aromatic heterocycles. The largest absolute Gasteiger partial charge is 0.907 e. The third kappa shape index (κ3) is 21.9. The molecule has 7 heteroatoms. The topological polar surface area (TPSA) is 69.2 Å². The second-order valence-electron chi connectivity index (χ2n) is 18.4. The molecule has 4 rings (SSSR count). The predicted molar refractivity (Wildman–Crippen MR) is 227 cm³/mol. The van der Waals surface area contributed by atoms with E-state index in [2.05, 4.69) is 200 Å². The van der Waals surface area contributed by atoms with Gasteiger partial charge in [0.05, 0.1) is 84.6 Å². The summed E-state index contributed by atoms with van der Waals surface area (Å²) in [6, 6.07) is 25.0. The molecule has 294 valence electrons. The van der Waals surface area contributed by atoms with Gasteiger partial charge in [-0.05, 0) is 116 Å². The fourth-order valence-corrected chi connectivity index (χ4v) is 5.82. The SMILES string of the molecule is CCCCc1c(-c2ccccc2)ccc(-c2c(C)cc(C)cc2C)c1-c1c(C)cc(C)cc1C.C[N+](C)(C)C.C[N+](C)(C)C.C[N+](C)(C)C.[O-]B([O-])[O-]. The number of hydrogen-bond acceptors (Lipinski definition) is 3. The molecule has 53 heavy (non-hydrogen) atoms. The Morgan fingerprint density at radius 2 is 0.792 bits per heavy atom. The van der Waals surface area contributed by atoms with Crippen molar-refractivity contribution in [3.8, 4) is 33.4 Å². The summed E-state index contributed by atoms with van der Waals surface area (Å²) < 4.78 is 3.00. The zero-order chi connectivity index (χ0) is 41.5. The molecule has 0 unspecified atom stereocenters. The lowest BCUT2D eigenvalue weighted by atomic mass is 9.79. The molecule has 4 aromatic rings. The van der Waals surface area contributed by atoms with Crippen molar-refractivity contribution in [3.05, 3.63) is 106 Å². The van der Waals surface area contributed by atoms with Crippen molar-refractivity contribution < 1.29 is 28.5 Å². The second kappa shape index (κ2) is 22.2. The van der Waals surface area contributed by atoms with Gasteiger partial charge in [0.25, 0.3) is 0 Å². The minimum absolute atomic E-state index is 1.00. The van der Waals surface area contributed by atoms with Gasteiger partial charge in [0.1, 0.15) is 0 Å². The number of benzene rings is 4. The molecule has 6 nitrogen and oxygen atoms in total. The fraction of sp³-hybridized carbons (Fsp3) is 0.478. The van der Waals surface area contributed by atoms with Crippen LogP contribution in [0.4, 0.5) is 0 Å². The highest BCUT2D eigenvalue weighted by atomic mass is 16.5. The molecule has 0 atom stereocenters. The molecule has 0 aliphatic heterocycles. The summed E-state index contributed by atoms with van der Waals surface area (Å²) in [6.45, 7) is 15.8. The zero-order valence-corrected chi connectivity index (χ0v) is 37.1. The number of rotatable bonds is 6. The summed E-state index contributed by atoms with van der Waals surface area (Å²) in [6.07, 6.45) is 3.46. The van der Waals surface area contributed by atoms with Crippen LogP contribution in [0.25, 0.3) is 33.4 Å². The Hall–Kier alpha value is -3.30. The van der Waals surface area contributed by atoms with Gasteiger partial charge >= 0.3 is 0 Å². The van der Waals surface area contributed by atoms with E-state index < -0.39 is 7.32 Å². The van der Waals surface area contributed by atoms with Crippen molar-refractivity contribution >= 4 is 7.32 Å². The average Bonchev–Trinajstić information content (AvgIpc) is 2.93. The van der Waals surface area contributed by atoms with Crippen molar-refractivity contribution in [1.29, 1.82) is 0 Å². The molecular weight excluding hydrogens is 653 g/mol. The van der Waals surface area contributed by atoms with Crippen LogP contribution in [0.15, 0.2) is 66.7 Å². The molecule has 0 heterocycles. The van der Waals surface area contributed by atoms with Crippen LogP contribution in [0, 0.1) is 41.5 Å². The maximum absolute atomic E-state index is 8.42. The lowest BCUT2D eigenvalue weighted by molar-refractivity contribution is -0.849. The molecule has 0 amide bonds. The monoisotopic (exact) mass is 728 g/mol. The predicted octanol–water partition coefficient (Wildman–Crippen LogP) is 6.90. The van der Waals surface area contributed by atoms with Crippen LogP contribution < -0.4 is 15.1 Å². The summed E-state index contributed by atoms with van der Waals surface area (Å²) in [5.41, 5.74) is 17.9. The molecule has 0 saturated heterocycles. The van der Waals surface area contributed by atoms with E-state index in [1.165, 1.54) is 85.2 Å². The minimum Gasteiger partial charge on any atom is -0.907 e. The molecule has 0 radical (unpaired) electrons. The molecule has 0 aliphatic rings. The van der Waals surface area contributed by atoms with Gasteiger partial charge < -0.3 is 28.5 Å². The number of quaternary nitrogens is 3. The maximum Gasteiger partial charge on any atom is 0.0675 e. The van der Waals surface area contributed by atoms with Crippen molar-refractivity contribution in [3.63, 3.8) is 0 Å². The Morgan fingerprint density at radius 3 is 1.13 bits per heavy atom. The average molecular weight is 728 g/mol. The summed E-state index contributed by atoms with van der Waals surface area (Å²) in [4.78, 5) is 0. The minimum atomic E-state index is -2.92. The highest BCUT2D eigenvalue weighted by molar-refractivity contribution is 6.24. The molecule has 0 spiro atoms. The van der Waals surface area contributed by atoms with Gasteiger partial charge in [0, 0.05) is 0 Å². The Bertz CT molecular complexity index is 1580. The molecule has 0 aliphatic carbocycles. The zero-order valence-electron chi connectivity index (χ0n) is 37.1. The first-order chi connectivity index (χ1) is 24.0. The summed E-state index contributed by atoms with van der Waals surface area (Å²) >= 11 is 0. The number of unbranched alkanes of at least 4 members (excludes halogenated alkanes) is 1. The number of hydrogen-bond donors (Lipinski definition) is 0. The Labute approximate surface area is 326 Å². The summed E-state index contributed by atoms with van der Waals surface area (Å²) in [5, 5.41) is 25.2. The third-order valence-electron chi connectivity index (χ3n) is 7.05. The highest BCUT2D eigenvalue weighted by Crippen LogP contribution is 2.45. The van der Waals surface area contributed by atoms with Crippen molar-refractivity contribution in [2.24, 2.45) is 0 Å². The first-order valence-corrected chi connectivity index (χ1v) is 18.8. The number of aryl methyl sites for hydroxylation is 6. The summed E-state index contributed by atoms with van der Waals surface area (Å²) in [7, 11) is 22.6. The van der Waals surface area contributed by atoms with Crippen LogP contribution >= 0.6 is 0 Å². The van der Waals surface area contributed by atoms with E-state index in [4.69, 9.17) is 15.1 Å². The lowest BCUT2D eigenvalue weighted by Gasteiger charge is -2.35. The first kappa shape index (κ1) is 49.7. The van der Waals surface area contributed by atoms with Gasteiger partial charge in [0.15, 0.2) is 0 Å². The Morgan fingerprint density at radius 1 is 0.472 bits per heavy atom. The van der Waals surface area contributed by atoms with E-state index >= 15 is 0 Å². The lowest BCUT2D eigenvalue weighted by Crippen LogP contribution is -2.56. The molecule has 4 aromatic carbocycles. The maximum atomic E-state index is 8.42. The second-order valence-corrected chi connectivity index (χ2v) is 18.4. The van der Waals surface area contributed by atoms with Gasteiger partial charge in [-0.15, -0.1) is 0 Å². The standard InChI is InChI=1S/C34H38.3C4H12N.BO3/c1-8-9-15-30-29(28-13-11-10-12-14-28)16-17-31(32-24(4)18-22(2)19-25(32)5)34(30)33-26(6)20-23(3)21-27(33)7;3*1-5(2,3)4;2-1(3)4/h10-14,16-21H,8-9,15H2,1-7H3;3*1-4H3;/q;3*+1;-3. The number of nitrogens with zero attached hydrogens (tertiary/aromatic N) is 3. The molecule has 0 saturated carbocycles. The molecule has 0 N–H and O–H groups in total. The van der Waals surface area contributed by atoms with E-state index in [9.17, 15) is 0 Å². The first-order valence-electron chi connectivity index (χ1n) is 18.8. The van der Waals surface area contributed by atoms with E-state index in [0.717, 1.165) is 19.9 Å². The summed E-state index contributed by atoms with van der Waals surface area (Å²) in [5.74, 6) is 0. The van der Waals surface area contributed by atoms with Crippen LogP contribution in [0.3, 0.4) is 0 Å². The molecule has 0 fully saturated rings. The van der Waals surface area contributed by atoms with E-state index in [-0.39, 0.29) is 0 Å². The highest BCUT2D eigenvalue weighted by Gasteiger charge is 2.22. The molecular formula is C46H74BN3O3. The van der Waals surface area contributed by atoms with Gasteiger partial charge in [-0.2, -0.15) is 0 Å². The van der Waals surface area contributed by atoms with E-state index in [1.54, 1.807) is 0 Å². The van der Waals surface area contributed by atoms with Gasteiger partial charge in [-0.1, -0.05) is 91.2 Å². The van der Waals surface area contributed by atoms with Crippen molar-refractivity contribution in [1.82, 2.24) is 0 Å². The van der Waals surface area contributed by atoms with Gasteiger partial charge in [-0.25, -0.2) is 0 Å². The quantitative estimate of drug-likeness (QED) is 0.160. The smallest absolute Gasteiger partial charge is 0.0675 e. The Kier molecular flexibility index (Phi) is 20.8. The fourth-order valence-electron chi connectivity index (χ4n) is 5.82. The Balaban J connectivity index is 0.00000117. The van der Waals surface area contributed by atoms with Crippen LogP contribution in [0.2, 0.25) is 0 Å². The van der Waals surface area contributed by atoms with Crippen LogP contribution in [-0.4, -0.2) is 105 Å². The van der Waals surface area contributed by atoms with Gasteiger partial charge in [0.2, 0.25) is 0 Å². The van der Waals surface area contributed by atoms with Crippen LogP contribution in [0.1, 0.15) is 58.7 Å². The van der Waals surface area contributed by atoms with E-state index in [0.29, 0.717) is 0 Å². The van der Waals surface area contributed by atoms with Crippen molar-refractivity contribution in [2.45, 2.75) is 67.7 Å². The molecule has 0 bridgehead atoms. The van der Waals surface area contributed by atoms with E-state index in [1.807, 2.05) is 0 Å². The van der Waals surface area contributed by atoms with Crippen LogP contribution in [-0.2, 0) is 6.42 Å². The van der Waals surface area contributed by atoms with Crippen LogP contribution in [0.5, 0.6) is 0 Å².